The number of carbonyl (C=O) groups is 1. The lowest BCUT2D eigenvalue weighted by atomic mass is 9.82. The molecule has 1 aliphatic heterocycles. The molecule has 4 aromatic rings. The minimum absolute atomic E-state index is 0.0652. The summed E-state index contributed by atoms with van der Waals surface area (Å²) in [5, 5.41) is 12.9. The van der Waals surface area contributed by atoms with Gasteiger partial charge in [-0.2, -0.15) is 0 Å². The van der Waals surface area contributed by atoms with Crippen molar-refractivity contribution in [2.45, 2.75) is 30.9 Å². The molecule has 7 nitrogen and oxygen atoms in total. The van der Waals surface area contributed by atoms with Crippen LogP contribution in [0.4, 0.5) is 0 Å². The first-order chi connectivity index (χ1) is 21.4. The molecule has 9 heteroatoms. The molecule has 4 aromatic carbocycles. The number of nitrogens with one attached hydrogen (secondary N) is 1. The van der Waals surface area contributed by atoms with Crippen LogP contribution in [0.25, 0.3) is 0 Å². The van der Waals surface area contributed by atoms with Gasteiger partial charge in [0, 0.05) is 41.1 Å². The number of aliphatic hydroxyl groups is 1. The average molecular weight is 678 g/mol. The van der Waals surface area contributed by atoms with E-state index in [9.17, 15) is 4.79 Å². The monoisotopic (exact) mass is 676 g/mol. The molecule has 1 heterocycles. The zero-order valence-electron chi connectivity index (χ0n) is 24.3. The summed E-state index contributed by atoms with van der Waals surface area (Å²) >= 11 is 9.74. The van der Waals surface area contributed by atoms with Gasteiger partial charge in [-0.25, -0.2) is 4.99 Å². The topological polar surface area (TPSA) is 89.4 Å². The molecule has 5 rings (SSSR count). The Morgan fingerprint density at radius 1 is 1.02 bits per heavy atom. The minimum Gasteiger partial charge on any atom is -0.497 e. The van der Waals surface area contributed by atoms with Crippen LogP contribution in [0.3, 0.4) is 0 Å². The lowest BCUT2D eigenvalue weighted by Crippen LogP contribution is -2.50. The second-order valence-corrected chi connectivity index (χ2v) is 11.8. The van der Waals surface area contributed by atoms with Gasteiger partial charge in [0.2, 0.25) is 5.90 Å². The Balaban J connectivity index is 1.53. The highest BCUT2D eigenvalue weighted by Crippen LogP contribution is 2.44. The first-order valence-electron chi connectivity index (χ1n) is 14.4. The molecule has 0 saturated carbocycles. The Hall–Kier alpha value is -3.85. The molecular weight excluding hydrogens is 644 g/mol. The molecule has 228 valence electrons. The number of aliphatic imine (C=N–C) groups is 1. The summed E-state index contributed by atoms with van der Waals surface area (Å²) in [6, 6.07) is 30.4. The van der Waals surface area contributed by atoms with Crippen molar-refractivity contribution in [3.05, 3.63) is 129 Å². The lowest BCUT2D eigenvalue weighted by Gasteiger charge is -2.31. The SMILES string of the molecule is COc1cccc([C@H]2OC(c3ccc(OCCCO)cc3)=N[C@@]2(Cc2ccccc2Br)C(=O)NCCc2ccc(Cl)cc2)c1. The maximum Gasteiger partial charge on any atom is 0.252 e. The van der Waals surface area contributed by atoms with E-state index in [0.717, 1.165) is 26.7 Å². The van der Waals surface area contributed by atoms with Gasteiger partial charge in [0.15, 0.2) is 11.6 Å². The van der Waals surface area contributed by atoms with Gasteiger partial charge in [0.1, 0.15) is 11.5 Å². The highest BCUT2D eigenvalue weighted by Gasteiger charge is 2.53. The fourth-order valence-corrected chi connectivity index (χ4v) is 5.69. The molecule has 1 amide bonds. The number of benzene rings is 4. The number of methoxy groups -OCH3 is 1. The van der Waals surface area contributed by atoms with Crippen LogP contribution in [0.2, 0.25) is 5.02 Å². The van der Waals surface area contributed by atoms with Gasteiger partial charge in [-0.15, -0.1) is 0 Å². The maximum atomic E-state index is 14.4. The van der Waals surface area contributed by atoms with Crippen LogP contribution in [0.15, 0.2) is 107 Å². The molecule has 1 aliphatic rings. The van der Waals surface area contributed by atoms with Gasteiger partial charge in [0.25, 0.3) is 5.91 Å². The van der Waals surface area contributed by atoms with E-state index in [1.165, 1.54) is 0 Å². The Morgan fingerprint density at radius 3 is 2.52 bits per heavy atom. The van der Waals surface area contributed by atoms with Crippen LogP contribution >= 0.6 is 27.5 Å². The van der Waals surface area contributed by atoms with E-state index < -0.39 is 11.6 Å². The summed E-state index contributed by atoms with van der Waals surface area (Å²) in [5.41, 5.74) is 2.14. The van der Waals surface area contributed by atoms with E-state index in [2.05, 4.69) is 21.2 Å². The lowest BCUT2D eigenvalue weighted by molar-refractivity contribution is -0.128. The molecular formula is C35H34BrClN2O5. The summed E-state index contributed by atoms with van der Waals surface area (Å²) in [6.07, 6.45) is 0.725. The number of ether oxygens (including phenoxy) is 3. The van der Waals surface area contributed by atoms with Gasteiger partial charge in [-0.3, -0.25) is 4.79 Å². The van der Waals surface area contributed by atoms with Crippen LogP contribution in [-0.2, 0) is 22.4 Å². The predicted octanol–water partition coefficient (Wildman–Crippen LogP) is 6.73. The van der Waals surface area contributed by atoms with Crippen molar-refractivity contribution >= 4 is 39.3 Å². The third-order valence-corrected chi connectivity index (χ3v) is 8.48. The number of nitrogens with zero attached hydrogens (tertiary/aromatic N) is 1. The van der Waals surface area contributed by atoms with E-state index in [0.29, 0.717) is 48.4 Å². The molecule has 2 N–H and O–H groups in total. The fourth-order valence-electron chi connectivity index (χ4n) is 5.14. The highest BCUT2D eigenvalue weighted by atomic mass is 79.9. The molecule has 0 unspecified atom stereocenters. The first kappa shape index (κ1) is 31.6. The number of hydrogen-bond acceptors (Lipinski definition) is 6. The predicted molar refractivity (Wildman–Crippen MR) is 176 cm³/mol. The van der Waals surface area contributed by atoms with Crippen molar-refractivity contribution in [1.82, 2.24) is 5.32 Å². The van der Waals surface area contributed by atoms with Crippen LogP contribution in [-0.4, -0.2) is 49.3 Å². The molecule has 0 saturated heterocycles. The van der Waals surface area contributed by atoms with E-state index in [-0.39, 0.29) is 18.9 Å². The summed E-state index contributed by atoms with van der Waals surface area (Å²) in [7, 11) is 1.61. The zero-order valence-corrected chi connectivity index (χ0v) is 26.7. The van der Waals surface area contributed by atoms with Crippen molar-refractivity contribution in [2.75, 3.05) is 26.9 Å². The van der Waals surface area contributed by atoms with E-state index in [4.69, 9.17) is 35.9 Å². The summed E-state index contributed by atoms with van der Waals surface area (Å²) in [4.78, 5) is 19.5. The number of aliphatic hydroxyl groups excluding tert-OH is 1. The standard InChI is InChI=1S/C35H34BrClN2O5/c1-42-30-8-4-7-26(22-30)32-35(23-27-6-2-3-9-31(27)36,34(41)38-19-18-24-10-14-28(37)15-11-24)39-33(44-32)25-12-16-29(17-13-25)43-21-5-20-40/h2-4,6-17,22,32,40H,5,18-21,23H2,1H3,(H,38,41)/t32-,35-/m1/s1. The van der Waals surface area contributed by atoms with Crippen LogP contribution in [0.5, 0.6) is 11.5 Å². The van der Waals surface area contributed by atoms with Crippen molar-refractivity contribution in [3.63, 3.8) is 0 Å². The van der Waals surface area contributed by atoms with Crippen molar-refractivity contribution in [1.29, 1.82) is 0 Å². The zero-order chi connectivity index (χ0) is 30.9. The number of halogens is 2. The summed E-state index contributed by atoms with van der Waals surface area (Å²) < 4.78 is 18.7. The maximum absolute atomic E-state index is 14.4. The minimum atomic E-state index is -1.33. The van der Waals surface area contributed by atoms with E-state index in [1.54, 1.807) is 7.11 Å². The largest absolute Gasteiger partial charge is 0.497 e. The van der Waals surface area contributed by atoms with Gasteiger partial charge < -0.3 is 24.6 Å². The summed E-state index contributed by atoms with van der Waals surface area (Å²) in [6.45, 7) is 0.889. The Morgan fingerprint density at radius 2 is 1.80 bits per heavy atom. The van der Waals surface area contributed by atoms with E-state index >= 15 is 0 Å². The quantitative estimate of drug-likeness (QED) is 0.153. The second-order valence-electron chi connectivity index (χ2n) is 10.5. The van der Waals surface area contributed by atoms with Crippen molar-refractivity contribution in [3.8, 4) is 11.5 Å². The number of carbonyl (C=O) groups excluding carboxylic acids is 1. The van der Waals surface area contributed by atoms with Crippen molar-refractivity contribution in [2.24, 2.45) is 4.99 Å². The molecule has 2 atom stereocenters. The Labute approximate surface area is 271 Å². The number of rotatable bonds is 13. The molecule has 0 spiro atoms. The van der Waals surface area contributed by atoms with Gasteiger partial charge in [-0.05, 0) is 77.7 Å². The van der Waals surface area contributed by atoms with Gasteiger partial charge >= 0.3 is 0 Å². The van der Waals surface area contributed by atoms with Crippen LogP contribution in [0, 0.1) is 0 Å². The molecule has 0 aliphatic carbocycles. The number of amides is 1. The smallest absolute Gasteiger partial charge is 0.252 e. The second kappa shape index (κ2) is 14.8. The van der Waals surface area contributed by atoms with Gasteiger partial charge in [-0.1, -0.05) is 70.0 Å². The molecule has 0 bridgehead atoms. The van der Waals surface area contributed by atoms with Crippen molar-refractivity contribution < 1.29 is 24.1 Å². The van der Waals surface area contributed by atoms with Gasteiger partial charge in [0.05, 0.1) is 13.7 Å². The van der Waals surface area contributed by atoms with Crippen LogP contribution < -0.4 is 14.8 Å². The number of hydrogen-bond donors (Lipinski definition) is 2. The Kier molecular flexibility index (Phi) is 10.6. The molecule has 0 fully saturated rings. The third-order valence-electron chi connectivity index (χ3n) is 7.46. The molecule has 0 aromatic heterocycles. The Bertz CT molecular complexity index is 1600. The average Bonchev–Trinajstić information content (AvgIpc) is 3.44. The fraction of sp³-hybridized carbons (Fsp3) is 0.257. The normalized spacial score (nSPS) is 17.5. The highest BCUT2D eigenvalue weighted by molar-refractivity contribution is 9.10. The third kappa shape index (κ3) is 7.44. The first-order valence-corrected chi connectivity index (χ1v) is 15.6. The van der Waals surface area contributed by atoms with Crippen LogP contribution in [0.1, 0.15) is 34.8 Å². The molecule has 44 heavy (non-hydrogen) atoms. The summed E-state index contributed by atoms with van der Waals surface area (Å²) in [5.74, 6) is 1.44. The van der Waals surface area contributed by atoms with E-state index in [1.807, 2.05) is 97.1 Å². The molecule has 0 radical (unpaired) electrons.